The smallest absolute Gasteiger partial charge is 0.257 e. The van der Waals surface area contributed by atoms with Gasteiger partial charge in [-0.2, -0.15) is 5.26 Å². The Balaban J connectivity index is 1.69. The molecule has 4 aromatic rings. The van der Waals surface area contributed by atoms with Crippen LogP contribution in [-0.2, 0) is 13.1 Å². The highest BCUT2D eigenvalue weighted by atomic mass is 16.3. The second-order valence-corrected chi connectivity index (χ2v) is 7.28. The maximum atomic E-state index is 12.7. The molecule has 0 aliphatic carbocycles. The summed E-state index contributed by atoms with van der Waals surface area (Å²) in [5.74, 6) is 0. The molecule has 2 aromatic heterocycles. The number of aliphatic hydroxyl groups is 1. The van der Waals surface area contributed by atoms with Crippen LogP contribution in [0, 0.1) is 18.3 Å². The van der Waals surface area contributed by atoms with Crippen LogP contribution < -0.4 is 10.9 Å². The number of benzene rings is 2. The minimum atomic E-state index is -0.625. The third-order valence-corrected chi connectivity index (χ3v) is 5.23. The first-order chi connectivity index (χ1) is 14.1. The van der Waals surface area contributed by atoms with E-state index in [1.165, 1.54) is 11.6 Å². The Morgan fingerprint density at radius 2 is 1.79 bits per heavy atom. The second kappa shape index (κ2) is 7.92. The van der Waals surface area contributed by atoms with Gasteiger partial charge in [0, 0.05) is 11.6 Å². The Labute approximate surface area is 168 Å². The Kier molecular flexibility index (Phi) is 5.17. The first kappa shape index (κ1) is 18.9. The summed E-state index contributed by atoms with van der Waals surface area (Å²) in [6.45, 7) is 3.38. The fourth-order valence-corrected chi connectivity index (χ4v) is 3.86. The minimum Gasteiger partial charge on any atom is -0.385 e. The van der Waals surface area contributed by atoms with Crippen molar-refractivity contribution in [1.29, 1.82) is 5.26 Å². The molecule has 0 saturated heterocycles. The van der Waals surface area contributed by atoms with Crippen molar-refractivity contribution in [3.8, 4) is 6.07 Å². The number of quaternary nitrogens is 1. The van der Waals surface area contributed by atoms with Crippen molar-refractivity contribution in [2.45, 2.75) is 26.1 Å². The molecule has 3 N–H and O–H groups in total. The van der Waals surface area contributed by atoms with E-state index in [1.807, 2.05) is 47.0 Å². The summed E-state index contributed by atoms with van der Waals surface area (Å²) in [6, 6.07) is 21.4. The molecule has 0 saturated carbocycles. The molecule has 1 atom stereocenters. The maximum Gasteiger partial charge on any atom is 0.257 e. The van der Waals surface area contributed by atoms with Crippen molar-refractivity contribution in [2.75, 3.05) is 6.54 Å². The molecule has 4 rings (SSSR count). The van der Waals surface area contributed by atoms with Crippen LogP contribution in [0.4, 0.5) is 0 Å². The lowest BCUT2D eigenvalue weighted by atomic mass is 10.1. The van der Waals surface area contributed by atoms with Gasteiger partial charge in [0.1, 0.15) is 30.9 Å². The van der Waals surface area contributed by atoms with Gasteiger partial charge in [0.05, 0.1) is 23.1 Å². The van der Waals surface area contributed by atoms with Crippen LogP contribution in [0.15, 0.2) is 65.5 Å². The number of fused-ring (bicyclic) bond motifs is 3. The summed E-state index contributed by atoms with van der Waals surface area (Å²) < 4.78 is 3.46. The summed E-state index contributed by atoms with van der Waals surface area (Å²) in [6.07, 6.45) is -0.625. The molecule has 29 heavy (non-hydrogen) atoms. The molecule has 2 heterocycles. The van der Waals surface area contributed by atoms with E-state index >= 15 is 0 Å². The first-order valence-electron chi connectivity index (χ1n) is 9.67. The predicted octanol–water partition coefficient (Wildman–Crippen LogP) is 1.56. The van der Waals surface area contributed by atoms with Gasteiger partial charge in [-0.3, -0.25) is 9.20 Å². The van der Waals surface area contributed by atoms with Crippen molar-refractivity contribution >= 4 is 16.7 Å². The quantitative estimate of drug-likeness (QED) is 0.526. The zero-order valence-corrected chi connectivity index (χ0v) is 16.2. The molecule has 0 aliphatic heterocycles. The van der Waals surface area contributed by atoms with Crippen molar-refractivity contribution in [3.05, 3.63) is 87.7 Å². The maximum absolute atomic E-state index is 12.7. The average Bonchev–Trinajstić information content (AvgIpc) is 3.04. The molecule has 0 unspecified atom stereocenters. The van der Waals surface area contributed by atoms with Gasteiger partial charge in [0.25, 0.3) is 5.56 Å². The van der Waals surface area contributed by atoms with E-state index in [1.54, 1.807) is 11.3 Å². The van der Waals surface area contributed by atoms with Crippen LogP contribution >= 0.6 is 0 Å². The van der Waals surface area contributed by atoms with E-state index in [2.05, 4.69) is 23.5 Å². The molecular weight excluding hydrogens is 364 g/mol. The number of hydrogen-bond donors (Lipinski definition) is 2. The highest BCUT2D eigenvalue weighted by Crippen LogP contribution is 2.23. The number of nitrogens with zero attached hydrogens (tertiary/aromatic N) is 3. The zero-order valence-electron chi connectivity index (χ0n) is 16.2. The van der Waals surface area contributed by atoms with Crippen molar-refractivity contribution < 1.29 is 10.4 Å². The lowest BCUT2D eigenvalue weighted by Gasteiger charge is -2.13. The summed E-state index contributed by atoms with van der Waals surface area (Å²) >= 11 is 0. The number of nitriles is 1. The molecule has 0 spiro atoms. The topological polar surface area (TPSA) is 87.0 Å². The number of hydrogen-bond acceptors (Lipinski definition) is 3. The predicted molar refractivity (Wildman–Crippen MR) is 112 cm³/mol. The van der Waals surface area contributed by atoms with Crippen LogP contribution in [-0.4, -0.2) is 26.7 Å². The third-order valence-electron chi connectivity index (χ3n) is 5.23. The van der Waals surface area contributed by atoms with E-state index in [0.29, 0.717) is 29.9 Å². The van der Waals surface area contributed by atoms with Crippen LogP contribution in [0.3, 0.4) is 0 Å². The molecule has 0 radical (unpaired) electrons. The van der Waals surface area contributed by atoms with Gasteiger partial charge in [-0.05, 0) is 24.6 Å². The van der Waals surface area contributed by atoms with E-state index in [-0.39, 0.29) is 5.56 Å². The number of nitrogens with two attached hydrogens (primary N) is 1. The van der Waals surface area contributed by atoms with E-state index in [9.17, 15) is 15.2 Å². The monoisotopic (exact) mass is 387 g/mol. The largest absolute Gasteiger partial charge is 0.385 e. The molecular formula is C23H23N4O2+. The number of imidazole rings is 1. The summed E-state index contributed by atoms with van der Waals surface area (Å²) in [7, 11) is 0. The number of pyridine rings is 1. The number of aryl methyl sites for hydroxylation is 1. The first-order valence-corrected chi connectivity index (χ1v) is 9.67. The van der Waals surface area contributed by atoms with Crippen LogP contribution in [0.25, 0.3) is 16.7 Å². The number of aliphatic hydroxyl groups excluding tert-OH is 1. The number of para-hydroxylation sites is 2. The highest BCUT2D eigenvalue weighted by molar-refractivity contribution is 5.84. The molecule has 6 heteroatoms. The van der Waals surface area contributed by atoms with E-state index < -0.39 is 6.10 Å². The second-order valence-electron chi connectivity index (χ2n) is 7.28. The van der Waals surface area contributed by atoms with Gasteiger partial charge in [-0.25, -0.2) is 0 Å². The van der Waals surface area contributed by atoms with Crippen molar-refractivity contribution in [2.24, 2.45) is 0 Å². The van der Waals surface area contributed by atoms with Crippen LogP contribution in [0.5, 0.6) is 0 Å². The molecule has 6 nitrogen and oxygen atoms in total. The Bertz CT molecular complexity index is 1270. The van der Waals surface area contributed by atoms with E-state index in [4.69, 9.17) is 0 Å². The Morgan fingerprint density at radius 3 is 2.52 bits per heavy atom. The third kappa shape index (κ3) is 3.54. The highest BCUT2D eigenvalue weighted by Gasteiger charge is 2.19. The average molecular weight is 387 g/mol. The van der Waals surface area contributed by atoms with Gasteiger partial charge in [-0.15, -0.1) is 0 Å². The SMILES string of the molecule is Cc1cc(=O)n2c3ccccc3n(C[C@@H](O)C[NH2+]Cc3ccccc3)c2c1C#N. The summed E-state index contributed by atoms with van der Waals surface area (Å²) in [4.78, 5) is 12.7. The van der Waals surface area contributed by atoms with Gasteiger partial charge >= 0.3 is 0 Å². The Hall–Kier alpha value is -3.40. The molecule has 146 valence electrons. The van der Waals surface area contributed by atoms with Crippen LogP contribution in [0.1, 0.15) is 16.7 Å². The van der Waals surface area contributed by atoms with E-state index in [0.717, 1.165) is 17.6 Å². The summed E-state index contributed by atoms with van der Waals surface area (Å²) in [5, 5.41) is 22.5. The fraction of sp³-hybridized carbons (Fsp3) is 0.217. The summed E-state index contributed by atoms with van der Waals surface area (Å²) in [5.41, 5.74) is 4.24. The van der Waals surface area contributed by atoms with Crippen LogP contribution in [0.2, 0.25) is 0 Å². The fourth-order valence-electron chi connectivity index (χ4n) is 3.86. The molecule has 2 aromatic carbocycles. The standard InChI is InChI=1S/C23H22N4O2/c1-16-11-22(29)27-21-10-6-5-9-20(21)26(23(27)19(16)12-24)15-18(28)14-25-13-17-7-3-2-4-8-17/h2-11,18,25,28H,13-15H2,1H3/p+1/t18-/m0/s1. The minimum absolute atomic E-state index is 0.170. The Morgan fingerprint density at radius 1 is 1.10 bits per heavy atom. The molecule has 0 fully saturated rings. The van der Waals surface area contributed by atoms with Gasteiger partial charge < -0.3 is 15.0 Å². The van der Waals surface area contributed by atoms with Gasteiger partial charge in [0.2, 0.25) is 0 Å². The van der Waals surface area contributed by atoms with Crippen molar-refractivity contribution in [1.82, 2.24) is 8.97 Å². The van der Waals surface area contributed by atoms with Crippen molar-refractivity contribution in [3.63, 3.8) is 0 Å². The molecule has 0 bridgehead atoms. The van der Waals surface area contributed by atoms with Gasteiger partial charge in [-0.1, -0.05) is 42.5 Å². The molecule has 0 amide bonds. The number of rotatable bonds is 6. The molecule has 0 aliphatic rings. The zero-order chi connectivity index (χ0) is 20.4. The lowest BCUT2D eigenvalue weighted by molar-refractivity contribution is -0.676. The number of aromatic nitrogens is 2. The normalized spacial score (nSPS) is 12.3. The lowest BCUT2D eigenvalue weighted by Crippen LogP contribution is -2.85. The van der Waals surface area contributed by atoms with Gasteiger partial charge in [0.15, 0.2) is 0 Å².